The van der Waals surface area contributed by atoms with Crippen molar-refractivity contribution in [2.75, 3.05) is 7.11 Å². The molecule has 2 aromatic carbocycles. The number of methoxy groups -OCH3 is 1. The number of benzene rings is 2. The third-order valence-corrected chi connectivity index (χ3v) is 4.83. The van der Waals surface area contributed by atoms with Crippen LogP contribution in [0, 0.1) is 0 Å². The van der Waals surface area contributed by atoms with Crippen molar-refractivity contribution in [1.29, 1.82) is 0 Å². The van der Waals surface area contributed by atoms with E-state index < -0.39 is 0 Å². The first-order valence-electron chi connectivity index (χ1n) is 6.04. The molecule has 0 amide bonds. The Morgan fingerprint density at radius 3 is 2.40 bits per heavy atom. The zero-order chi connectivity index (χ0) is 14.7. The minimum atomic E-state index is -0.0576. The van der Waals surface area contributed by atoms with Crippen molar-refractivity contribution in [3.63, 3.8) is 0 Å². The molecule has 20 heavy (non-hydrogen) atoms. The smallest absolute Gasteiger partial charge is 0.133 e. The average molecular weight is 464 g/mol. The molecule has 0 bridgehead atoms. The first-order valence-corrected chi connectivity index (χ1v) is 8.42. The van der Waals surface area contributed by atoms with Crippen molar-refractivity contribution >= 4 is 47.8 Å². The SMILES string of the molecule is COc1ccc(CC(N)c2ccc(Br)cc2Br)cc1Br. The maximum Gasteiger partial charge on any atom is 0.133 e. The molecule has 0 saturated carbocycles. The molecular weight excluding hydrogens is 450 g/mol. The van der Waals surface area contributed by atoms with Gasteiger partial charge in [-0.3, -0.25) is 0 Å². The Kier molecular flexibility index (Phi) is 5.66. The number of hydrogen-bond acceptors (Lipinski definition) is 2. The second kappa shape index (κ2) is 7.07. The monoisotopic (exact) mass is 461 g/mol. The fourth-order valence-corrected chi connectivity index (χ4v) is 3.93. The third-order valence-electron chi connectivity index (χ3n) is 3.03. The quantitative estimate of drug-likeness (QED) is 0.674. The summed E-state index contributed by atoms with van der Waals surface area (Å²) in [5.74, 6) is 0.826. The zero-order valence-corrected chi connectivity index (χ0v) is 15.6. The highest BCUT2D eigenvalue weighted by Gasteiger charge is 2.12. The fourth-order valence-electron chi connectivity index (χ4n) is 2.00. The van der Waals surface area contributed by atoms with Crippen molar-refractivity contribution < 1.29 is 4.74 Å². The molecule has 0 aliphatic carbocycles. The molecule has 1 atom stereocenters. The van der Waals surface area contributed by atoms with Gasteiger partial charge in [0.05, 0.1) is 11.6 Å². The van der Waals surface area contributed by atoms with Crippen molar-refractivity contribution in [3.05, 3.63) is 60.9 Å². The van der Waals surface area contributed by atoms with Crippen molar-refractivity contribution in [2.24, 2.45) is 5.73 Å². The summed E-state index contributed by atoms with van der Waals surface area (Å²) in [4.78, 5) is 0. The lowest BCUT2D eigenvalue weighted by Crippen LogP contribution is -2.14. The standard InChI is InChI=1S/C15H14Br3NO/c1-20-15-5-2-9(6-13(15)18)7-14(19)11-4-3-10(16)8-12(11)17/h2-6,8,14H,7,19H2,1H3. The summed E-state index contributed by atoms with van der Waals surface area (Å²) in [6.07, 6.45) is 0.767. The number of rotatable bonds is 4. The van der Waals surface area contributed by atoms with Crippen LogP contribution in [0.25, 0.3) is 0 Å². The van der Waals surface area contributed by atoms with E-state index in [9.17, 15) is 0 Å². The molecule has 0 aliphatic rings. The number of ether oxygens (including phenoxy) is 1. The summed E-state index contributed by atoms with van der Waals surface area (Å²) in [7, 11) is 1.66. The Labute approximate surface area is 144 Å². The summed E-state index contributed by atoms with van der Waals surface area (Å²) in [5.41, 5.74) is 8.57. The van der Waals surface area contributed by atoms with Gasteiger partial charge in [0.15, 0.2) is 0 Å². The van der Waals surface area contributed by atoms with E-state index >= 15 is 0 Å². The highest BCUT2D eigenvalue weighted by molar-refractivity contribution is 9.11. The minimum Gasteiger partial charge on any atom is -0.496 e. The summed E-state index contributed by atoms with van der Waals surface area (Å²) in [6, 6.07) is 12.0. The van der Waals surface area contributed by atoms with Gasteiger partial charge in [-0.1, -0.05) is 44.0 Å². The zero-order valence-electron chi connectivity index (χ0n) is 10.9. The topological polar surface area (TPSA) is 35.2 Å². The molecule has 2 nitrogen and oxygen atoms in total. The molecular formula is C15H14Br3NO. The Morgan fingerprint density at radius 1 is 1.05 bits per heavy atom. The minimum absolute atomic E-state index is 0.0576. The molecule has 2 N–H and O–H groups in total. The lowest BCUT2D eigenvalue weighted by atomic mass is 10.00. The molecule has 2 aromatic rings. The Balaban J connectivity index is 2.18. The van der Waals surface area contributed by atoms with E-state index in [2.05, 4.69) is 47.8 Å². The Bertz CT molecular complexity index is 616. The molecule has 106 valence electrons. The second-order valence-corrected chi connectivity index (χ2v) is 7.07. The van der Waals surface area contributed by atoms with E-state index in [0.717, 1.165) is 31.2 Å². The predicted molar refractivity (Wildman–Crippen MR) is 93.2 cm³/mol. The lowest BCUT2D eigenvalue weighted by Gasteiger charge is -2.15. The summed E-state index contributed by atoms with van der Waals surface area (Å²) >= 11 is 10.5. The predicted octanol–water partition coefficient (Wildman–Crippen LogP) is 5.23. The number of nitrogens with two attached hydrogens (primary N) is 1. The summed E-state index contributed by atoms with van der Waals surface area (Å²) < 4.78 is 8.23. The number of halogens is 3. The maximum atomic E-state index is 6.31. The van der Waals surface area contributed by atoms with Crippen LogP contribution in [0.2, 0.25) is 0 Å². The molecule has 2 rings (SSSR count). The van der Waals surface area contributed by atoms with Crippen LogP contribution in [-0.4, -0.2) is 7.11 Å². The van der Waals surface area contributed by atoms with E-state index in [0.29, 0.717) is 0 Å². The first kappa shape index (κ1) is 16.0. The first-order chi connectivity index (χ1) is 9.51. The molecule has 0 spiro atoms. The molecule has 0 heterocycles. The van der Waals surface area contributed by atoms with Gasteiger partial charge in [-0.25, -0.2) is 0 Å². The van der Waals surface area contributed by atoms with Gasteiger partial charge < -0.3 is 10.5 Å². The second-order valence-electron chi connectivity index (χ2n) is 4.45. The van der Waals surface area contributed by atoms with Crippen molar-refractivity contribution in [3.8, 4) is 5.75 Å². The fraction of sp³-hybridized carbons (Fsp3) is 0.200. The average Bonchev–Trinajstić information content (AvgIpc) is 2.38. The van der Waals surface area contributed by atoms with Gasteiger partial charge in [-0.05, 0) is 57.7 Å². The van der Waals surface area contributed by atoms with Crippen LogP contribution in [0.15, 0.2) is 49.8 Å². The summed E-state index contributed by atoms with van der Waals surface area (Å²) in [5, 5.41) is 0. The van der Waals surface area contributed by atoms with Crippen molar-refractivity contribution in [2.45, 2.75) is 12.5 Å². The molecule has 1 unspecified atom stereocenters. The highest BCUT2D eigenvalue weighted by atomic mass is 79.9. The molecule has 0 aliphatic heterocycles. The van der Waals surface area contributed by atoms with Crippen LogP contribution >= 0.6 is 47.8 Å². The molecule has 0 saturated heterocycles. The molecule has 0 fully saturated rings. The van der Waals surface area contributed by atoms with Crippen LogP contribution < -0.4 is 10.5 Å². The van der Waals surface area contributed by atoms with Gasteiger partial charge >= 0.3 is 0 Å². The maximum absolute atomic E-state index is 6.31. The van der Waals surface area contributed by atoms with Gasteiger partial charge in [0.2, 0.25) is 0 Å². The van der Waals surface area contributed by atoms with E-state index in [-0.39, 0.29) is 6.04 Å². The van der Waals surface area contributed by atoms with E-state index in [1.165, 1.54) is 5.56 Å². The van der Waals surface area contributed by atoms with Crippen molar-refractivity contribution in [1.82, 2.24) is 0 Å². The van der Waals surface area contributed by atoms with Gasteiger partial charge in [0.1, 0.15) is 5.75 Å². The van der Waals surface area contributed by atoms with Gasteiger partial charge in [-0.2, -0.15) is 0 Å². The molecule has 0 radical (unpaired) electrons. The van der Waals surface area contributed by atoms with Crippen LogP contribution in [0.3, 0.4) is 0 Å². The Morgan fingerprint density at radius 2 is 1.80 bits per heavy atom. The molecule has 5 heteroatoms. The van der Waals surface area contributed by atoms with E-state index in [4.69, 9.17) is 10.5 Å². The van der Waals surface area contributed by atoms with Crippen LogP contribution in [0.1, 0.15) is 17.2 Å². The third kappa shape index (κ3) is 3.85. The van der Waals surface area contributed by atoms with Crippen LogP contribution in [0.4, 0.5) is 0 Å². The number of hydrogen-bond donors (Lipinski definition) is 1. The normalized spacial score (nSPS) is 12.2. The lowest BCUT2D eigenvalue weighted by molar-refractivity contribution is 0.412. The van der Waals surface area contributed by atoms with Crippen LogP contribution in [-0.2, 0) is 6.42 Å². The van der Waals surface area contributed by atoms with Gasteiger partial charge in [0.25, 0.3) is 0 Å². The molecule has 0 aromatic heterocycles. The van der Waals surface area contributed by atoms with E-state index in [1.54, 1.807) is 7.11 Å². The van der Waals surface area contributed by atoms with E-state index in [1.807, 2.05) is 36.4 Å². The largest absolute Gasteiger partial charge is 0.496 e. The van der Waals surface area contributed by atoms with Gasteiger partial charge in [0, 0.05) is 15.0 Å². The van der Waals surface area contributed by atoms with Gasteiger partial charge in [-0.15, -0.1) is 0 Å². The summed E-state index contributed by atoms with van der Waals surface area (Å²) in [6.45, 7) is 0. The Hall–Kier alpha value is -0.360. The van der Waals surface area contributed by atoms with Crippen LogP contribution in [0.5, 0.6) is 5.75 Å². The highest BCUT2D eigenvalue weighted by Crippen LogP contribution is 2.30.